The predicted molar refractivity (Wildman–Crippen MR) is 75.9 cm³/mol. The van der Waals surface area contributed by atoms with Crippen molar-refractivity contribution in [1.82, 2.24) is 5.32 Å². The molecule has 0 radical (unpaired) electrons. The Hall–Kier alpha value is -1.16. The first kappa shape index (κ1) is 15.2. The van der Waals surface area contributed by atoms with E-state index in [1.54, 1.807) is 0 Å². The van der Waals surface area contributed by atoms with Crippen molar-refractivity contribution >= 4 is 0 Å². The lowest BCUT2D eigenvalue weighted by Crippen LogP contribution is -2.41. The minimum absolute atomic E-state index is 0.166. The predicted octanol–water partition coefficient (Wildman–Crippen LogP) is 3.90. The van der Waals surface area contributed by atoms with Gasteiger partial charge in [-0.05, 0) is 37.4 Å². The standard InChI is InChI=1S/C16H23F2NO/c1-2-19-15(12-7-4-3-5-8-12)11-20-16-13(17)9-6-10-14(16)18/h6,9-10,12,15,19H,2-5,7-8,11H2,1H3. The zero-order chi connectivity index (χ0) is 14.4. The number of ether oxygens (including phenoxy) is 1. The van der Waals surface area contributed by atoms with Crippen molar-refractivity contribution in [3.8, 4) is 5.75 Å². The Labute approximate surface area is 119 Å². The average Bonchev–Trinajstić information content (AvgIpc) is 2.46. The topological polar surface area (TPSA) is 21.3 Å². The molecule has 4 heteroatoms. The molecular weight excluding hydrogens is 260 g/mol. The summed E-state index contributed by atoms with van der Waals surface area (Å²) in [4.78, 5) is 0. The van der Waals surface area contributed by atoms with Crippen LogP contribution in [0, 0.1) is 17.6 Å². The summed E-state index contributed by atoms with van der Waals surface area (Å²) in [6.45, 7) is 3.19. The minimum Gasteiger partial charge on any atom is -0.486 e. The maximum Gasteiger partial charge on any atom is 0.190 e. The van der Waals surface area contributed by atoms with Crippen LogP contribution >= 0.6 is 0 Å². The molecule has 1 atom stereocenters. The number of nitrogens with one attached hydrogen (secondary N) is 1. The molecule has 0 saturated heterocycles. The summed E-state index contributed by atoms with van der Waals surface area (Å²) in [5.74, 6) is -0.988. The van der Waals surface area contributed by atoms with Gasteiger partial charge in [-0.1, -0.05) is 32.3 Å². The van der Waals surface area contributed by atoms with E-state index in [1.165, 1.54) is 50.3 Å². The van der Waals surface area contributed by atoms with Gasteiger partial charge in [-0.25, -0.2) is 8.78 Å². The van der Waals surface area contributed by atoms with Gasteiger partial charge >= 0.3 is 0 Å². The van der Waals surface area contributed by atoms with E-state index in [2.05, 4.69) is 5.32 Å². The Balaban J connectivity index is 1.97. The second-order valence-corrected chi connectivity index (χ2v) is 5.42. The summed E-state index contributed by atoms with van der Waals surface area (Å²) in [7, 11) is 0. The summed E-state index contributed by atoms with van der Waals surface area (Å²) in [6, 6.07) is 3.96. The summed E-state index contributed by atoms with van der Waals surface area (Å²) in [5.41, 5.74) is 0. The molecule has 2 rings (SSSR count). The van der Waals surface area contributed by atoms with Crippen LogP contribution in [0.5, 0.6) is 5.75 Å². The van der Waals surface area contributed by atoms with Gasteiger partial charge in [-0.3, -0.25) is 0 Å². The highest BCUT2D eigenvalue weighted by Gasteiger charge is 2.24. The van der Waals surface area contributed by atoms with Crippen LogP contribution in [0.2, 0.25) is 0 Å². The largest absolute Gasteiger partial charge is 0.486 e. The molecule has 0 heterocycles. The van der Waals surface area contributed by atoms with Gasteiger partial charge in [-0.15, -0.1) is 0 Å². The monoisotopic (exact) mass is 283 g/mol. The smallest absolute Gasteiger partial charge is 0.190 e. The first-order chi connectivity index (χ1) is 9.72. The summed E-state index contributed by atoms with van der Waals surface area (Å²) < 4.78 is 32.5. The van der Waals surface area contributed by atoms with E-state index in [0.29, 0.717) is 12.5 Å². The lowest BCUT2D eigenvalue weighted by atomic mass is 9.84. The second-order valence-electron chi connectivity index (χ2n) is 5.42. The van der Waals surface area contributed by atoms with E-state index in [9.17, 15) is 8.78 Å². The molecular formula is C16H23F2NO. The molecule has 0 aromatic heterocycles. The van der Waals surface area contributed by atoms with Crippen LogP contribution in [0.15, 0.2) is 18.2 Å². The van der Waals surface area contributed by atoms with Crippen molar-refractivity contribution < 1.29 is 13.5 Å². The molecule has 20 heavy (non-hydrogen) atoms. The molecule has 0 amide bonds. The Kier molecular flexibility index (Phi) is 5.77. The third kappa shape index (κ3) is 3.92. The molecule has 1 aliphatic rings. The van der Waals surface area contributed by atoms with E-state index in [-0.39, 0.29) is 11.8 Å². The average molecular weight is 283 g/mol. The summed E-state index contributed by atoms with van der Waals surface area (Å²) in [5, 5.41) is 3.39. The van der Waals surface area contributed by atoms with Crippen molar-refractivity contribution in [1.29, 1.82) is 0 Å². The number of rotatable bonds is 6. The van der Waals surface area contributed by atoms with Crippen molar-refractivity contribution in [2.24, 2.45) is 5.92 Å². The molecule has 1 unspecified atom stereocenters. The maximum absolute atomic E-state index is 13.5. The number of hydrogen-bond donors (Lipinski definition) is 1. The summed E-state index contributed by atoms with van der Waals surface area (Å²) in [6.07, 6.45) is 6.10. The van der Waals surface area contributed by atoms with Crippen LogP contribution in [0.1, 0.15) is 39.0 Å². The van der Waals surface area contributed by atoms with Crippen molar-refractivity contribution in [3.05, 3.63) is 29.8 Å². The normalized spacial score (nSPS) is 17.9. The lowest BCUT2D eigenvalue weighted by molar-refractivity contribution is 0.178. The highest BCUT2D eigenvalue weighted by Crippen LogP contribution is 2.28. The van der Waals surface area contributed by atoms with Crippen LogP contribution in [0.25, 0.3) is 0 Å². The van der Waals surface area contributed by atoms with Gasteiger partial charge in [0, 0.05) is 6.04 Å². The van der Waals surface area contributed by atoms with Gasteiger partial charge in [0.1, 0.15) is 6.61 Å². The van der Waals surface area contributed by atoms with Crippen molar-refractivity contribution in [3.63, 3.8) is 0 Å². The number of likely N-dealkylation sites (N-methyl/N-ethyl adjacent to an activating group) is 1. The fraction of sp³-hybridized carbons (Fsp3) is 0.625. The molecule has 1 aliphatic carbocycles. The van der Waals surface area contributed by atoms with Crippen molar-refractivity contribution in [2.75, 3.05) is 13.2 Å². The molecule has 0 bridgehead atoms. The van der Waals surface area contributed by atoms with Crippen LogP contribution in [-0.2, 0) is 0 Å². The summed E-state index contributed by atoms with van der Waals surface area (Å²) >= 11 is 0. The Morgan fingerprint density at radius 1 is 1.20 bits per heavy atom. The number of halogens is 2. The third-order valence-electron chi connectivity index (χ3n) is 4.01. The zero-order valence-electron chi connectivity index (χ0n) is 12.0. The molecule has 2 nitrogen and oxygen atoms in total. The molecule has 1 saturated carbocycles. The molecule has 1 aromatic rings. The Morgan fingerprint density at radius 3 is 2.45 bits per heavy atom. The fourth-order valence-electron chi connectivity index (χ4n) is 2.95. The number of para-hydroxylation sites is 1. The minimum atomic E-state index is -0.635. The van der Waals surface area contributed by atoms with Gasteiger partial charge in [0.2, 0.25) is 0 Å². The maximum atomic E-state index is 13.5. The van der Waals surface area contributed by atoms with E-state index >= 15 is 0 Å². The molecule has 0 aliphatic heterocycles. The molecule has 112 valence electrons. The van der Waals surface area contributed by atoms with Gasteiger partial charge in [0.05, 0.1) is 0 Å². The number of benzene rings is 1. The molecule has 1 aromatic carbocycles. The van der Waals surface area contributed by atoms with E-state index in [0.717, 1.165) is 6.54 Å². The van der Waals surface area contributed by atoms with Crippen LogP contribution in [-0.4, -0.2) is 19.2 Å². The van der Waals surface area contributed by atoms with E-state index in [1.807, 2.05) is 6.92 Å². The molecule has 1 N–H and O–H groups in total. The Bertz CT molecular complexity index is 399. The quantitative estimate of drug-likeness (QED) is 0.855. The Morgan fingerprint density at radius 2 is 1.85 bits per heavy atom. The molecule has 0 spiro atoms. The fourth-order valence-corrected chi connectivity index (χ4v) is 2.95. The van der Waals surface area contributed by atoms with Crippen LogP contribution in [0.3, 0.4) is 0 Å². The second kappa shape index (κ2) is 7.58. The van der Waals surface area contributed by atoms with Crippen LogP contribution in [0.4, 0.5) is 8.78 Å². The van der Waals surface area contributed by atoms with Gasteiger partial charge in [0.25, 0.3) is 0 Å². The first-order valence-corrected chi connectivity index (χ1v) is 7.52. The lowest BCUT2D eigenvalue weighted by Gasteiger charge is -2.30. The van der Waals surface area contributed by atoms with Crippen LogP contribution < -0.4 is 10.1 Å². The SMILES string of the molecule is CCNC(COc1c(F)cccc1F)C1CCCCC1. The highest BCUT2D eigenvalue weighted by molar-refractivity contribution is 5.26. The number of hydrogen-bond acceptors (Lipinski definition) is 2. The van der Waals surface area contributed by atoms with Gasteiger partial charge in [-0.2, -0.15) is 0 Å². The highest BCUT2D eigenvalue weighted by atomic mass is 19.1. The van der Waals surface area contributed by atoms with E-state index in [4.69, 9.17) is 4.74 Å². The first-order valence-electron chi connectivity index (χ1n) is 7.52. The van der Waals surface area contributed by atoms with Crippen molar-refractivity contribution in [2.45, 2.75) is 45.1 Å². The molecule has 1 fully saturated rings. The van der Waals surface area contributed by atoms with Gasteiger partial charge < -0.3 is 10.1 Å². The third-order valence-corrected chi connectivity index (χ3v) is 4.01. The van der Waals surface area contributed by atoms with Gasteiger partial charge in [0.15, 0.2) is 17.4 Å². The van der Waals surface area contributed by atoms with E-state index < -0.39 is 11.6 Å². The zero-order valence-corrected chi connectivity index (χ0v) is 12.0.